The SMILES string of the molecule is C=CCOc1ccc2c(c1)[C@H]1[C@H](CCCCO)[C@@H](CCCCO)C=C3C(=NOC(C)(C)C)C[C@H](N(CCC)C(=O)OCCCCCCCCCCCC)[C@@](OCC=C)(O2)[C@H]31. The van der Waals surface area contributed by atoms with Crippen LogP contribution in [0.3, 0.4) is 0 Å². The molecule has 1 saturated carbocycles. The van der Waals surface area contributed by atoms with Crippen LogP contribution in [0, 0.1) is 17.8 Å². The summed E-state index contributed by atoms with van der Waals surface area (Å²) >= 11 is 0. The molecule has 338 valence electrons. The third kappa shape index (κ3) is 13.6. The van der Waals surface area contributed by atoms with Crippen LogP contribution in [0.15, 0.2) is 60.3 Å². The summed E-state index contributed by atoms with van der Waals surface area (Å²) in [6.07, 6.45) is 23.4. The van der Waals surface area contributed by atoms with Crippen LogP contribution in [0.25, 0.3) is 0 Å². The third-order valence-electron chi connectivity index (χ3n) is 12.2. The van der Waals surface area contributed by atoms with Gasteiger partial charge in [-0.1, -0.05) is 114 Å². The van der Waals surface area contributed by atoms with Gasteiger partial charge < -0.3 is 34.0 Å². The van der Waals surface area contributed by atoms with Crippen LogP contribution < -0.4 is 9.47 Å². The van der Waals surface area contributed by atoms with Gasteiger partial charge in [-0.05, 0) is 94.9 Å². The van der Waals surface area contributed by atoms with E-state index in [-0.39, 0.29) is 49.6 Å². The Bertz CT molecular complexity index is 1520. The largest absolute Gasteiger partial charge is 0.490 e. The Hall–Kier alpha value is -3.34. The molecular formula is C50H80N2O8. The summed E-state index contributed by atoms with van der Waals surface area (Å²) in [6.45, 7) is 19.8. The number of rotatable bonds is 29. The molecule has 1 aromatic rings. The maximum Gasteiger partial charge on any atom is 0.410 e. The summed E-state index contributed by atoms with van der Waals surface area (Å²) in [5.41, 5.74) is 2.25. The molecule has 60 heavy (non-hydrogen) atoms. The first-order valence-electron chi connectivity index (χ1n) is 23.5. The average Bonchev–Trinajstić information content (AvgIpc) is 3.23. The Morgan fingerprint density at radius 3 is 2.20 bits per heavy atom. The van der Waals surface area contributed by atoms with Gasteiger partial charge in [-0.25, -0.2) is 4.79 Å². The standard InChI is InChI=1S/C50H80N2O8/c1-8-12-13-14-15-16-17-18-19-24-34-57-48(55)52(29-9-2)45-37-43(51-60-49(5,6)7)41-35-38(25-20-22-30-53)40(26-21-23-31-54)46-42-36-39(56-32-10-3)27-28-44(42)59-50(45,47(41)46)58-33-11-4/h10-11,27-28,35-36,38,40,45-47,53-54H,3-4,8-9,12-26,29-34,37H2,1-2,5-7H3/t38-,40+,45-,46+,47+,50+/m0/s1. The number of aliphatic hydroxyl groups excluding tert-OH is 2. The van der Waals surface area contributed by atoms with Crippen molar-refractivity contribution >= 4 is 11.8 Å². The van der Waals surface area contributed by atoms with E-state index in [1.54, 1.807) is 12.2 Å². The van der Waals surface area contributed by atoms with Gasteiger partial charge in [-0.2, -0.15) is 0 Å². The summed E-state index contributed by atoms with van der Waals surface area (Å²) in [6, 6.07) is 5.39. The number of hydrogen-bond acceptors (Lipinski definition) is 9. The van der Waals surface area contributed by atoms with Crippen molar-refractivity contribution in [3.8, 4) is 11.5 Å². The summed E-state index contributed by atoms with van der Waals surface area (Å²) in [5, 5.41) is 24.7. The number of unbranched alkanes of at least 4 members (excludes halogenated alkanes) is 11. The number of hydrogen-bond donors (Lipinski definition) is 2. The lowest BCUT2D eigenvalue weighted by Gasteiger charge is -2.60. The van der Waals surface area contributed by atoms with Crippen LogP contribution in [-0.4, -0.2) is 83.9 Å². The Morgan fingerprint density at radius 2 is 1.57 bits per heavy atom. The van der Waals surface area contributed by atoms with Crippen molar-refractivity contribution in [2.45, 2.75) is 174 Å². The molecule has 1 heterocycles. The Kier molecular flexibility index (Phi) is 21.0. The smallest absolute Gasteiger partial charge is 0.410 e. The van der Waals surface area contributed by atoms with Crippen LogP contribution in [0.2, 0.25) is 0 Å². The van der Waals surface area contributed by atoms with E-state index in [1.807, 2.05) is 37.8 Å². The fourth-order valence-corrected chi connectivity index (χ4v) is 9.53. The first-order valence-corrected chi connectivity index (χ1v) is 23.5. The van der Waals surface area contributed by atoms with Gasteiger partial charge in [0.05, 0.1) is 24.8 Å². The van der Waals surface area contributed by atoms with Crippen molar-refractivity contribution in [1.29, 1.82) is 0 Å². The number of fused-ring (bicyclic) bond motifs is 2. The minimum atomic E-state index is -1.32. The highest BCUT2D eigenvalue weighted by Crippen LogP contribution is 2.62. The van der Waals surface area contributed by atoms with E-state index < -0.39 is 17.4 Å². The molecule has 1 amide bonds. The highest BCUT2D eigenvalue weighted by Gasteiger charge is 2.65. The lowest BCUT2D eigenvalue weighted by atomic mass is 9.55. The van der Waals surface area contributed by atoms with Crippen molar-refractivity contribution in [2.24, 2.45) is 22.9 Å². The number of oxime groups is 1. The molecular weight excluding hydrogens is 757 g/mol. The molecule has 1 aromatic carbocycles. The first-order chi connectivity index (χ1) is 29.1. The number of ether oxygens (including phenoxy) is 4. The Balaban J connectivity index is 1.81. The van der Waals surface area contributed by atoms with Crippen molar-refractivity contribution in [3.05, 3.63) is 60.7 Å². The molecule has 4 rings (SSSR count). The van der Waals surface area contributed by atoms with Gasteiger partial charge >= 0.3 is 6.09 Å². The van der Waals surface area contributed by atoms with E-state index in [0.29, 0.717) is 51.2 Å². The minimum absolute atomic E-state index is 0.124. The van der Waals surface area contributed by atoms with Gasteiger partial charge in [0.25, 0.3) is 0 Å². The molecule has 6 atom stereocenters. The summed E-state index contributed by atoms with van der Waals surface area (Å²) < 4.78 is 26.7. The van der Waals surface area contributed by atoms with Gasteiger partial charge in [-0.3, -0.25) is 4.90 Å². The monoisotopic (exact) mass is 837 g/mol. The molecule has 3 aliphatic rings. The zero-order chi connectivity index (χ0) is 43.4. The molecule has 0 radical (unpaired) electrons. The highest BCUT2D eigenvalue weighted by molar-refractivity contribution is 6.03. The second kappa shape index (κ2) is 25.6. The molecule has 2 N–H and O–H groups in total. The van der Waals surface area contributed by atoms with Crippen molar-refractivity contribution in [3.63, 3.8) is 0 Å². The normalized spacial score (nSPS) is 23.8. The number of amides is 1. The lowest BCUT2D eigenvalue weighted by Crippen LogP contribution is -2.70. The van der Waals surface area contributed by atoms with E-state index in [2.05, 4.69) is 39.1 Å². The van der Waals surface area contributed by atoms with Gasteiger partial charge in [0.15, 0.2) is 0 Å². The lowest BCUT2D eigenvalue weighted by molar-refractivity contribution is -0.255. The van der Waals surface area contributed by atoms with Crippen molar-refractivity contribution < 1.29 is 38.8 Å². The molecule has 1 fully saturated rings. The molecule has 10 heteroatoms. The molecule has 0 bridgehead atoms. The van der Waals surface area contributed by atoms with Gasteiger partial charge in [0.1, 0.15) is 29.7 Å². The first kappa shape index (κ1) is 49.3. The molecule has 2 aliphatic carbocycles. The van der Waals surface area contributed by atoms with E-state index in [0.717, 1.165) is 67.5 Å². The second-order valence-corrected chi connectivity index (χ2v) is 18.1. The van der Waals surface area contributed by atoms with Crippen LogP contribution in [0.5, 0.6) is 11.5 Å². The number of benzene rings is 1. The number of allylic oxidation sites excluding steroid dienone is 1. The number of carbonyl (C=O) groups is 1. The highest BCUT2D eigenvalue weighted by atomic mass is 16.7. The van der Waals surface area contributed by atoms with Gasteiger partial charge in [0, 0.05) is 37.7 Å². The molecule has 0 spiro atoms. The maximum atomic E-state index is 14.5. The number of carbonyl (C=O) groups excluding carboxylic acids is 1. The van der Waals surface area contributed by atoms with Crippen molar-refractivity contribution in [2.75, 3.05) is 39.6 Å². The number of nitrogens with zero attached hydrogens (tertiary/aromatic N) is 2. The quantitative estimate of drug-likeness (QED) is 0.0465. The predicted molar refractivity (Wildman–Crippen MR) is 242 cm³/mol. The zero-order valence-corrected chi connectivity index (χ0v) is 38.0. The Labute approximate surface area is 362 Å². The fourth-order valence-electron chi connectivity index (χ4n) is 9.53. The maximum absolute atomic E-state index is 14.5. The zero-order valence-electron chi connectivity index (χ0n) is 38.0. The average molecular weight is 837 g/mol. The van der Waals surface area contributed by atoms with E-state index in [1.165, 1.54) is 44.9 Å². The topological polar surface area (TPSA) is 119 Å². The fraction of sp³-hybridized carbons (Fsp3) is 0.720. The Morgan fingerprint density at radius 1 is 0.900 bits per heavy atom. The van der Waals surface area contributed by atoms with Crippen LogP contribution >= 0.6 is 0 Å². The van der Waals surface area contributed by atoms with Crippen molar-refractivity contribution in [1.82, 2.24) is 4.90 Å². The summed E-state index contributed by atoms with van der Waals surface area (Å²) in [4.78, 5) is 22.6. The molecule has 10 nitrogen and oxygen atoms in total. The van der Waals surface area contributed by atoms with Crippen LogP contribution in [0.4, 0.5) is 4.79 Å². The summed E-state index contributed by atoms with van der Waals surface area (Å²) in [7, 11) is 0. The van der Waals surface area contributed by atoms with E-state index in [9.17, 15) is 15.0 Å². The molecule has 0 saturated heterocycles. The minimum Gasteiger partial charge on any atom is -0.490 e. The van der Waals surface area contributed by atoms with Gasteiger partial charge in [0.2, 0.25) is 5.79 Å². The van der Waals surface area contributed by atoms with Crippen LogP contribution in [-0.2, 0) is 14.3 Å². The predicted octanol–water partition coefficient (Wildman–Crippen LogP) is 11.5. The number of aliphatic hydroxyl groups is 2. The van der Waals surface area contributed by atoms with Crippen LogP contribution in [0.1, 0.15) is 162 Å². The van der Waals surface area contributed by atoms with E-state index >= 15 is 0 Å². The third-order valence-corrected chi connectivity index (χ3v) is 12.2. The van der Waals surface area contributed by atoms with E-state index in [4.69, 9.17) is 28.9 Å². The second-order valence-electron chi connectivity index (χ2n) is 18.1. The molecule has 0 unspecified atom stereocenters. The molecule has 1 aliphatic heterocycles. The molecule has 0 aromatic heterocycles. The van der Waals surface area contributed by atoms with Gasteiger partial charge in [-0.15, -0.1) is 6.58 Å². The summed E-state index contributed by atoms with van der Waals surface area (Å²) in [5.74, 6) is -0.153.